The van der Waals surface area contributed by atoms with E-state index in [4.69, 9.17) is 22.2 Å². The number of amides is 1. The highest BCUT2D eigenvalue weighted by Crippen LogP contribution is 2.28. The van der Waals surface area contributed by atoms with Crippen LogP contribution in [-0.2, 0) is 9.53 Å². The van der Waals surface area contributed by atoms with Crippen LogP contribution in [-0.4, -0.2) is 46.3 Å². The number of rotatable bonds is 7. The van der Waals surface area contributed by atoms with Gasteiger partial charge in [0.05, 0.1) is 16.9 Å². The number of hydrogen-bond donors (Lipinski definition) is 2. The van der Waals surface area contributed by atoms with E-state index in [-0.39, 0.29) is 11.2 Å². The third-order valence-corrected chi connectivity index (χ3v) is 4.42. The Balaban J connectivity index is 2.08. The molecular formula is C14H18ClN5O2S. The van der Waals surface area contributed by atoms with Crippen molar-refractivity contribution in [3.63, 3.8) is 0 Å². The Hall–Kier alpha value is -1.77. The number of carbonyl (C=O) groups excluding carboxylic acids is 1. The quantitative estimate of drug-likeness (QED) is 0.444. The molecule has 0 bridgehead atoms. The van der Waals surface area contributed by atoms with E-state index in [9.17, 15) is 4.79 Å². The normalized spacial score (nSPS) is 12.1. The molecule has 0 spiro atoms. The maximum absolute atomic E-state index is 12.0. The molecule has 1 aromatic heterocycles. The van der Waals surface area contributed by atoms with Crippen LogP contribution in [0.2, 0.25) is 5.02 Å². The fraction of sp³-hybridized carbons (Fsp3) is 0.357. The van der Waals surface area contributed by atoms with Gasteiger partial charge in [-0.2, -0.15) is 0 Å². The van der Waals surface area contributed by atoms with Crippen LogP contribution >= 0.6 is 23.4 Å². The van der Waals surface area contributed by atoms with Crippen molar-refractivity contribution in [1.29, 1.82) is 0 Å². The number of nitrogens with zero attached hydrogens (tertiary/aromatic N) is 3. The number of ether oxygens (including phenoxy) is 1. The fourth-order valence-corrected chi connectivity index (χ4v) is 2.83. The molecule has 0 saturated heterocycles. The molecule has 0 unspecified atom stereocenters. The van der Waals surface area contributed by atoms with Crippen LogP contribution in [0.3, 0.4) is 0 Å². The van der Waals surface area contributed by atoms with Crippen molar-refractivity contribution in [3.8, 4) is 11.4 Å². The first kappa shape index (κ1) is 17.6. The predicted molar refractivity (Wildman–Crippen MR) is 90.8 cm³/mol. The smallest absolute Gasteiger partial charge is 0.233 e. The third kappa shape index (κ3) is 4.37. The lowest BCUT2D eigenvalue weighted by Gasteiger charge is -2.11. The van der Waals surface area contributed by atoms with Gasteiger partial charge < -0.3 is 15.9 Å². The highest BCUT2D eigenvalue weighted by Gasteiger charge is 2.20. The molecule has 7 nitrogen and oxygen atoms in total. The molecule has 0 aliphatic rings. The monoisotopic (exact) mass is 355 g/mol. The number of carbonyl (C=O) groups is 1. The zero-order valence-corrected chi connectivity index (χ0v) is 14.4. The molecule has 1 amide bonds. The van der Waals surface area contributed by atoms with E-state index in [2.05, 4.69) is 15.5 Å². The number of thioether (sulfide) groups is 1. The van der Waals surface area contributed by atoms with Crippen LogP contribution in [0.5, 0.6) is 0 Å². The van der Waals surface area contributed by atoms with Crippen LogP contribution in [0.1, 0.15) is 6.92 Å². The van der Waals surface area contributed by atoms with Crippen molar-refractivity contribution in [2.75, 3.05) is 26.1 Å². The van der Waals surface area contributed by atoms with Crippen LogP contribution < -0.4 is 11.2 Å². The number of nitrogens with two attached hydrogens (primary N) is 1. The third-order valence-electron chi connectivity index (χ3n) is 3.04. The average molecular weight is 356 g/mol. The lowest BCUT2D eigenvalue weighted by atomic mass is 10.2. The Morgan fingerprint density at radius 1 is 1.48 bits per heavy atom. The van der Waals surface area contributed by atoms with Gasteiger partial charge in [0.25, 0.3) is 0 Å². The molecule has 0 saturated carbocycles. The van der Waals surface area contributed by atoms with E-state index in [0.717, 1.165) is 0 Å². The number of hydrogen-bond acceptors (Lipinski definition) is 6. The predicted octanol–water partition coefficient (Wildman–Crippen LogP) is 1.56. The summed E-state index contributed by atoms with van der Waals surface area (Å²) < 4.78 is 6.23. The van der Waals surface area contributed by atoms with Crippen LogP contribution in [0, 0.1) is 0 Å². The summed E-state index contributed by atoms with van der Waals surface area (Å²) in [6.45, 7) is 2.70. The highest BCUT2D eigenvalue weighted by atomic mass is 35.5. The number of halogens is 1. The molecule has 2 rings (SSSR count). The van der Waals surface area contributed by atoms with E-state index < -0.39 is 0 Å². The summed E-state index contributed by atoms with van der Waals surface area (Å²) in [5, 5.41) is 11.5. The largest absolute Gasteiger partial charge is 0.383 e. The van der Waals surface area contributed by atoms with E-state index in [0.29, 0.717) is 34.7 Å². The summed E-state index contributed by atoms with van der Waals surface area (Å²) >= 11 is 7.37. The summed E-state index contributed by atoms with van der Waals surface area (Å²) in [6, 6.07) is 7.23. The van der Waals surface area contributed by atoms with Gasteiger partial charge >= 0.3 is 0 Å². The van der Waals surface area contributed by atoms with Crippen molar-refractivity contribution < 1.29 is 9.53 Å². The van der Waals surface area contributed by atoms with Crippen LogP contribution in [0.15, 0.2) is 29.4 Å². The van der Waals surface area contributed by atoms with Crippen molar-refractivity contribution in [3.05, 3.63) is 29.3 Å². The second kappa shape index (κ2) is 8.19. The van der Waals surface area contributed by atoms with Gasteiger partial charge in [-0.3, -0.25) is 4.79 Å². The minimum absolute atomic E-state index is 0.116. The van der Waals surface area contributed by atoms with E-state index in [1.165, 1.54) is 16.4 Å². The minimum atomic E-state index is -0.363. The Labute approximate surface area is 143 Å². The first-order valence-electron chi connectivity index (χ1n) is 6.93. The lowest BCUT2D eigenvalue weighted by molar-refractivity contribution is -0.120. The second-order valence-electron chi connectivity index (χ2n) is 4.70. The molecule has 3 N–H and O–H groups in total. The van der Waals surface area contributed by atoms with Gasteiger partial charge in [-0.1, -0.05) is 35.5 Å². The van der Waals surface area contributed by atoms with Crippen LogP contribution in [0.4, 0.5) is 0 Å². The van der Waals surface area contributed by atoms with Crippen LogP contribution in [0.25, 0.3) is 11.4 Å². The zero-order valence-electron chi connectivity index (χ0n) is 12.8. The van der Waals surface area contributed by atoms with E-state index in [1.807, 2.05) is 18.2 Å². The molecule has 2 aromatic rings. The molecule has 0 aliphatic heterocycles. The fourth-order valence-electron chi connectivity index (χ4n) is 1.82. The number of nitrogens with one attached hydrogen (secondary N) is 1. The van der Waals surface area contributed by atoms with Gasteiger partial charge in [0.15, 0.2) is 5.82 Å². The average Bonchev–Trinajstić information content (AvgIpc) is 2.89. The van der Waals surface area contributed by atoms with Gasteiger partial charge in [0.1, 0.15) is 0 Å². The molecule has 1 aromatic carbocycles. The lowest BCUT2D eigenvalue weighted by Crippen LogP contribution is -2.33. The van der Waals surface area contributed by atoms with Crippen molar-refractivity contribution in [1.82, 2.24) is 20.2 Å². The van der Waals surface area contributed by atoms with Gasteiger partial charge in [-0.15, -0.1) is 10.2 Å². The SMILES string of the molecule is COCCNC(=O)[C@H](C)Sc1nnc(-c2ccccc2Cl)n1N. The molecule has 0 fully saturated rings. The molecule has 1 heterocycles. The summed E-state index contributed by atoms with van der Waals surface area (Å²) in [5.41, 5.74) is 0.688. The summed E-state index contributed by atoms with van der Waals surface area (Å²) in [5.74, 6) is 6.37. The highest BCUT2D eigenvalue weighted by molar-refractivity contribution is 8.00. The van der Waals surface area contributed by atoms with Crippen molar-refractivity contribution in [2.24, 2.45) is 0 Å². The molecule has 1 atom stereocenters. The second-order valence-corrected chi connectivity index (χ2v) is 6.42. The number of aromatic nitrogens is 3. The van der Waals surface area contributed by atoms with Gasteiger partial charge in [-0.05, 0) is 19.1 Å². The Bertz CT molecular complexity index is 679. The van der Waals surface area contributed by atoms with E-state index >= 15 is 0 Å². The molecule has 0 aliphatic carbocycles. The molecule has 9 heteroatoms. The Kier molecular flexibility index (Phi) is 6.26. The number of methoxy groups -OCH3 is 1. The van der Waals surface area contributed by atoms with Gasteiger partial charge in [-0.25, -0.2) is 4.68 Å². The van der Waals surface area contributed by atoms with E-state index in [1.54, 1.807) is 20.1 Å². The maximum Gasteiger partial charge on any atom is 0.233 e. The first-order chi connectivity index (χ1) is 11.0. The van der Waals surface area contributed by atoms with Gasteiger partial charge in [0.2, 0.25) is 11.1 Å². The first-order valence-corrected chi connectivity index (χ1v) is 8.19. The van der Waals surface area contributed by atoms with Crippen molar-refractivity contribution >= 4 is 29.3 Å². The summed E-state index contributed by atoms with van der Waals surface area (Å²) in [4.78, 5) is 12.0. The maximum atomic E-state index is 12.0. The molecular weight excluding hydrogens is 338 g/mol. The molecule has 23 heavy (non-hydrogen) atoms. The van der Waals surface area contributed by atoms with Gasteiger partial charge in [0, 0.05) is 19.2 Å². The van der Waals surface area contributed by atoms with Crippen molar-refractivity contribution in [2.45, 2.75) is 17.3 Å². The Morgan fingerprint density at radius 3 is 2.91 bits per heavy atom. The zero-order chi connectivity index (χ0) is 16.8. The number of benzene rings is 1. The Morgan fingerprint density at radius 2 is 2.22 bits per heavy atom. The molecule has 0 radical (unpaired) electrons. The molecule has 124 valence electrons. The topological polar surface area (TPSA) is 95.1 Å². The summed E-state index contributed by atoms with van der Waals surface area (Å²) in [6.07, 6.45) is 0. The number of nitrogen functional groups attached to an aromatic ring is 1. The standard InChI is InChI=1S/C14H18ClN5O2S/c1-9(13(21)17-7-8-22-2)23-14-19-18-12(20(14)16)10-5-3-4-6-11(10)15/h3-6,9H,7-8,16H2,1-2H3,(H,17,21)/t9-/m0/s1. The minimum Gasteiger partial charge on any atom is -0.383 e. The summed E-state index contributed by atoms with van der Waals surface area (Å²) in [7, 11) is 1.58.